The first kappa shape index (κ1) is 15.1. The SMILES string of the molecule is CNS(=O)(=O)c1ccc(N)c(N(CC2CC2)C(C)C)c1. The van der Waals surface area contributed by atoms with Crippen LogP contribution in [0.3, 0.4) is 0 Å². The molecule has 0 spiro atoms. The molecule has 1 aromatic rings. The van der Waals surface area contributed by atoms with Crippen molar-refractivity contribution in [1.82, 2.24) is 4.72 Å². The molecule has 0 aliphatic heterocycles. The third kappa shape index (κ3) is 3.24. The maximum absolute atomic E-state index is 11.9. The summed E-state index contributed by atoms with van der Waals surface area (Å²) in [7, 11) is -2.03. The van der Waals surface area contributed by atoms with Crippen molar-refractivity contribution in [1.29, 1.82) is 0 Å². The van der Waals surface area contributed by atoms with Gasteiger partial charge in [-0.25, -0.2) is 13.1 Å². The normalized spacial score (nSPS) is 15.6. The average molecular weight is 297 g/mol. The van der Waals surface area contributed by atoms with Gasteiger partial charge in [-0.3, -0.25) is 0 Å². The zero-order chi connectivity index (χ0) is 14.9. The van der Waals surface area contributed by atoms with Gasteiger partial charge in [0.05, 0.1) is 16.3 Å². The van der Waals surface area contributed by atoms with Crippen LogP contribution in [0.5, 0.6) is 0 Å². The molecule has 2 rings (SSSR count). The Labute approximate surface area is 121 Å². The third-order valence-electron chi connectivity index (χ3n) is 3.67. The highest BCUT2D eigenvalue weighted by atomic mass is 32.2. The largest absolute Gasteiger partial charge is 0.397 e. The molecule has 112 valence electrons. The Morgan fingerprint density at radius 3 is 2.55 bits per heavy atom. The molecule has 0 bridgehead atoms. The van der Waals surface area contributed by atoms with Crippen molar-refractivity contribution in [2.24, 2.45) is 5.92 Å². The van der Waals surface area contributed by atoms with E-state index in [-0.39, 0.29) is 10.9 Å². The molecule has 0 amide bonds. The average Bonchev–Trinajstić information content (AvgIpc) is 3.20. The van der Waals surface area contributed by atoms with E-state index in [1.54, 1.807) is 18.2 Å². The van der Waals surface area contributed by atoms with E-state index in [1.807, 2.05) is 0 Å². The Kier molecular flexibility index (Phi) is 4.25. The van der Waals surface area contributed by atoms with E-state index >= 15 is 0 Å². The molecule has 1 aliphatic carbocycles. The first-order valence-corrected chi connectivity index (χ1v) is 8.43. The molecule has 5 nitrogen and oxygen atoms in total. The monoisotopic (exact) mass is 297 g/mol. The number of nitrogen functional groups attached to an aromatic ring is 1. The smallest absolute Gasteiger partial charge is 0.240 e. The minimum Gasteiger partial charge on any atom is -0.397 e. The van der Waals surface area contributed by atoms with E-state index in [0.717, 1.165) is 12.2 Å². The lowest BCUT2D eigenvalue weighted by Crippen LogP contribution is -2.33. The van der Waals surface area contributed by atoms with Crippen molar-refractivity contribution in [2.75, 3.05) is 24.2 Å². The number of benzene rings is 1. The molecular formula is C14H23N3O2S. The number of rotatable bonds is 6. The van der Waals surface area contributed by atoms with Gasteiger partial charge in [0, 0.05) is 12.6 Å². The molecule has 3 N–H and O–H groups in total. The second-order valence-corrected chi connectivity index (χ2v) is 7.50. The molecule has 0 radical (unpaired) electrons. The van der Waals surface area contributed by atoms with Gasteiger partial charge in [-0.2, -0.15) is 0 Å². The maximum Gasteiger partial charge on any atom is 0.240 e. The zero-order valence-corrected chi connectivity index (χ0v) is 13.1. The molecule has 1 saturated carbocycles. The van der Waals surface area contributed by atoms with E-state index in [1.165, 1.54) is 19.9 Å². The molecule has 0 saturated heterocycles. The Morgan fingerprint density at radius 2 is 2.05 bits per heavy atom. The highest BCUT2D eigenvalue weighted by Gasteiger charge is 2.27. The fourth-order valence-electron chi connectivity index (χ4n) is 2.22. The molecule has 0 heterocycles. The lowest BCUT2D eigenvalue weighted by Gasteiger charge is -2.30. The predicted octanol–water partition coefficient (Wildman–Crippen LogP) is 1.80. The molecular weight excluding hydrogens is 274 g/mol. The summed E-state index contributed by atoms with van der Waals surface area (Å²) in [6.07, 6.45) is 2.50. The number of nitrogens with two attached hydrogens (primary N) is 1. The van der Waals surface area contributed by atoms with Gasteiger partial charge in [-0.05, 0) is 57.9 Å². The Bertz CT molecular complexity index is 580. The van der Waals surface area contributed by atoms with Crippen LogP contribution in [0.1, 0.15) is 26.7 Å². The second-order valence-electron chi connectivity index (χ2n) is 5.62. The van der Waals surface area contributed by atoms with Crippen molar-refractivity contribution >= 4 is 21.4 Å². The van der Waals surface area contributed by atoms with Crippen LogP contribution in [0, 0.1) is 5.92 Å². The summed E-state index contributed by atoms with van der Waals surface area (Å²) in [6.45, 7) is 5.13. The van der Waals surface area contributed by atoms with Crippen molar-refractivity contribution in [3.05, 3.63) is 18.2 Å². The van der Waals surface area contributed by atoms with Crippen LogP contribution in [0.25, 0.3) is 0 Å². The molecule has 1 aromatic carbocycles. The Balaban J connectivity index is 2.40. The van der Waals surface area contributed by atoms with E-state index in [9.17, 15) is 8.42 Å². The van der Waals surface area contributed by atoms with Gasteiger partial charge in [0.1, 0.15) is 0 Å². The van der Waals surface area contributed by atoms with Crippen LogP contribution in [0.2, 0.25) is 0 Å². The van der Waals surface area contributed by atoms with Crippen LogP contribution in [0.15, 0.2) is 23.1 Å². The van der Waals surface area contributed by atoms with E-state index < -0.39 is 10.0 Å². The Morgan fingerprint density at radius 1 is 1.40 bits per heavy atom. The lowest BCUT2D eigenvalue weighted by molar-refractivity contribution is 0.588. The summed E-state index contributed by atoms with van der Waals surface area (Å²) < 4.78 is 26.2. The van der Waals surface area contributed by atoms with Gasteiger partial charge in [-0.15, -0.1) is 0 Å². The highest BCUT2D eigenvalue weighted by molar-refractivity contribution is 7.89. The van der Waals surface area contributed by atoms with Crippen molar-refractivity contribution in [3.8, 4) is 0 Å². The fourth-order valence-corrected chi connectivity index (χ4v) is 2.97. The molecule has 20 heavy (non-hydrogen) atoms. The first-order chi connectivity index (χ1) is 9.35. The van der Waals surface area contributed by atoms with Crippen LogP contribution in [-0.2, 0) is 10.0 Å². The lowest BCUT2D eigenvalue weighted by atomic mass is 10.2. The van der Waals surface area contributed by atoms with Crippen LogP contribution in [0.4, 0.5) is 11.4 Å². The summed E-state index contributed by atoms with van der Waals surface area (Å²) in [5.41, 5.74) is 7.48. The second kappa shape index (κ2) is 5.61. The number of nitrogens with zero attached hydrogens (tertiary/aromatic N) is 1. The van der Waals surface area contributed by atoms with Gasteiger partial charge in [-0.1, -0.05) is 0 Å². The topological polar surface area (TPSA) is 75.4 Å². The van der Waals surface area contributed by atoms with Crippen LogP contribution < -0.4 is 15.4 Å². The van der Waals surface area contributed by atoms with Crippen LogP contribution >= 0.6 is 0 Å². The van der Waals surface area contributed by atoms with Gasteiger partial charge < -0.3 is 10.6 Å². The third-order valence-corrected chi connectivity index (χ3v) is 5.08. The molecule has 1 fully saturated rings. The Hall–Kier alpha value is -1.27. The number of nitrogens with one attached hydrogen (secondary N) is 1. The van der Waals surface area contributed by atoms with Gasteiger partial charge in [0.2, 0.25) is 10.0 Å². The summed E-state index contributed by atoms with van der Waals surface area (Å²) >= 11 is 0. The number of sulfonamides is 1. The first-order valence-electron chi connectivity index (χ1n) is 6.95. The summed E-state index contributed by atoms with van der Waals surface area (Å²) in [4.78, 5) is 2.45. The van der Waals surface area contributed by atoms with E-state index in [4.69, 9.17) is 5.73 Å². The zero-order valence-electron chi connectivity index (χ0n) is 12.3. The predicted molar refractivity (Wildman–Crippen MR) is 82.3 cm³/mol. The van der Waals surface area contributed by atoms with Gasteiger partial charge in [0.25, 0.3) is 0 Å². The van der Waals surface area contributed by atoms with E-state index in [0.29, 0.717) is 11.6 Å². The van der Waals surface area contributed by atoms with E-state index in [2.05, 4.69) is 23.5 Å². The summed E-state index contributed by atoms with van der Waals surface area (Å²) in [5, 5.41) is 0. The number of anilines is 2. The summed E-state index contributed by atoms with van der Waals surface area (Å²) in [6, 6.07) is 5.16. The summed E-state index contributed by atoms with van der Waals surface area (Å²) in [5.74, 6) is 0.710. The highest BCUT2D eigenvalue weighted by Crippen LogP contribution is 2.35. The maximum atomic E-state index is 11.9. The number of hydrogen-bond donors (Lipinski definition) is 2. The quantitative estimate of drug-likeness (QED) is 0.785. The van der Waals surface area contributed by atoms with Crippen molar-refractivity contribution in [2.45, 2.75) is 37.6 Å². The van der Waals surface area contributed by atoms with Gasteiger partial charge in [0.15, 0.2) is 0 Å². The number of hydrogen-bond acceptors (Lipinski definition) is 4. The molecule has 0 aromatic heterocycles. The standard InChI is InChI=1S/C14H23N3O2S/c1-10(2)17(9-11-4-5-11)14-8-12(6-7-13(14)15)20(18,19)16-3/h6-8,10-11,16H,4-5,9,15H2,1-3H3. The van der Waals surface area contributed by atoms with Crippen molar-refractivity contribution in [3.63, 3.8) is 0 Å². The van der Waals surface area contributed by atoms with Crippen molar-refractivity contribution < 1.29 is 8.42 Å². The molecule has 6 heteroatoms. The fraction of sp³-hybridized carbons (Fsp3) is 0.571. The minimum atomic E-state index is -3.44. The van der Waals surface area contributed by atoms with Crippen LogP contribution in [-0.4, -0.2) is 28.1 Å². The minimum absolute atomic E-state index is 0.255. The molecule has 0 atom stereocenters. The molecule has 0 unspecified atom stereocenters. The van der Waals surface area contributed by atoms with Gasteiger partial charge >= 0.3 is 0 Å². The molecule has 1 aliphatic rings.